The van der Waals surface area contributed by atoms with Crippen LogP contribution in [0.15, 0.2) is 42.6 Å². The number of nitrogens with zero attached hydrogens (tertiary/aromatic N) is 1. The minimum Gasteiger partial charge on any atom is -0.321 e. The van der Waals surface area contributed by atoms with Gasteiger partial charge >= 0.3 is 0 Å². The fourth-order valence-electron chi connectivity index (χ4n) is 1.39. The number of halogens is 1. The van der Waals surface area contributed by atoms with Crippen LogP contribution in [0, 0.1) is 10.5 Å². The zero-order valence-corrected chi connectivity index (χ0v) is 11.4. The summed E-state index contributed by atoms with van der Waals surface area (Å²) in [5, 5.41) is 2.82. The number of pyridine rings is 1. The molecule has 86 valence electrons. The first-order valence-electron chi connectivity index (χ1n) is 5.15. The van der Waals surface area contributed by atoms with Crippen molar-refractivity contribution in [1.29, 1.82) is 0 Å². The van der Waals surface area contributed by atoms with Crippen LogP contribution in [0.25, 0.3) is 0 Å². The average molecular weight is 338 g/mol. The van der Waals surface area contributed by atoms with Crippen molar-refractivity contribution in [3.63, 3.8) is 0 Å². The van der Waals surface area contributed by atoms with Crippen LogP contribution in [0.4, 0.5) is 5.69 Å². The number of rotatable bonds is 2. The van der Waals surface area contributed by atoms with Crippen molar-refractivity contribution in [3.8, 4) is 0 Å². The molecule has 2 aromatic rings. The lowest BCUT2D eigenvalue weighted by molar-refractivity contribution is 0.102. The first-order valence-corrected chi connectivity index (χ1v) is 6.23. The number of amides is 1. The Hall–Kier alpha value is -1.43. The Morgan fingerprint density at radius 2 is 2.00 bits per heavy atom. The summed E-state index contributed by atoms with van der Waals surface area (Å²) in [4.78, 5) is 16.1. The highest BCUT2D eigenvalue weighted by Gasteiger charge is 2.08. The summed E-state index contributed by atoms with van der Waals surface area (Å²) in [6, 6.07) is 11.2. The van der Waals surface area contributed by atoms with Gasteiger partial charge < -0.3 is 5.32 Å². The molecule has 1 amide bonds. The Kier molecular flexibility index (Phi) is 3.73. The zero-order valence-electron chi connectivity index (χ0n) is 9.27. The maximum absolute atomic E-state index is 12.0. The van der Waals surface area contributed by atoms with Gasteiger partial charge in [0.15, 0.2) is 0 Å². The summed E-state index contributed by atoms with van der Waals surface area (Å²) < 4.78 is 0.933. The van der Waals surface area contributed by atoms with E-state index in [1.807, 2.05) is 37.3 Å². The summed E-state index contributed by atoms with van der Waals surface area (Å²) in [7, 11) is 0. The molecule has 0 bridgehead atoms. The Morgan fingerprint density at radius 3 is 2.65 bits per heavy atom. The molecule has 1 aromatic carbocycles. The molecule has 1 aromatic heterocycles. The van der Waals surface area contributed by atoms with Gasteiger partial charge in [0.25, 0.3) is 5.91 Å². The molecule has 0 aliphatic heterocycles. The Morgan fingerprint density at radius 1 is 1.24 bits per heavy atom. The van der Waals surface area contributed by atoms with E-state index in [4.69, 9.17) is 0 Å². The van der Waals surface area contributed by atoms with E-state index >= 15 is 0 Å². The van der Waals surface area contributed by atoms with Crippen LogP contribution < -0.4 is 5.32 Å². The highest BCUT2D eigenvalue weighted by Crippen LogP contribution is 2.14. The van der Waals surface area contributed by atoms with Crippen molar-refractivity contribution in [2.45, 2.75) is 6.92 Å². The van der Waals surface area contributed by atoms with E-state index in [0.717, 1.165) is 9.26 Å². The fraction of sp³-hybridized carbons (Fsp3) is 0.0769. The predicted octanol–water partition coefficient (Wildman–Crippen LogP) is 3.25. The van der Waals surface area contributed by atoms with Gasteiger partial charge in [-0.3, -0.25) is 9.78 Å². The molecule has 0 aliphatic carbocycles. The van der Waals surface area contributed by atoms with E-state index in [-0.39, 0.29) is 5.91 Å². The van der Waals surface area contributed by atoms with E-state index in [2.05, 4.69) is 32.9 Å². The zero-order chi connectivity index (χ0) is 12.3. The third-order valence-corrected chi connectivity index (χ3v) is 3.23. The van der Waals surface area contributed by atoms with Crippen LogP contribution >= 0.6 is 22.6 Å². The molecule has 0 saturated heterocycles. The molecular formula is C13H11IN2O. The van der Waals surface area contributed by atoms with Gasteiger partial charge in [-0.1, -0.05) is 12.1 Å². The number of nitrogens with one attached hydrogen (secondary N) is 1. The van der Waals surface area contributed by atoms with Crippen LogP contribution in [0.1, 0.15) is 16.1 Å². The lowest BCUT2D eigenvalue weighted by Crippen LogP contribution is -2.13. The summed E-state index contributed by atoms with van der Waals surface area (Å²) in [6.45, 7) is 1.91. The minimum atomic E-state index is -0.111. The molecule has 2 rings (SSSR count). The Balaban J connectivity index is 2.17. The van der Waals surface area contributed by atoms with E-state index in [1.165, 1.54) is 0 Å². The monoisotopic (exact) mass is 338 g/mol. The van der Waals surface area contributed by atoms with Crippen LogP contribution in [0.5, 0.6) is 0 Å². The molecule has 0 aliphatic rings. The quantitative estimate of drug-likeness (QED) is 0.854. The molecule has 0 radical (unpaired) electrons. The number of aromatic nitrogens is 1. The van der Waals surface area contributed by atoms with Gasteiger partial charge in [0.2, 0.25) is 0 Å². The topological polar surface area (TPSA) is 42.0 Å². The number of hydrogen-bond acceptors (Lipinski definition) is 2. The van der Waals surface area contributed by atoms with E-state index in [1.54, 1.807) is 12.3 Å². The summed E-state index contributed by atoms with van der Waals surface area (Å²) in [6.07, 6.45) is 1.66. The second-order valence-corrected chi connectivity index (χ2v) is 4.78. The molecule has 4 heteroatoms. The predicted molar refractivity (Wildman–Crippen MR) is 76.1 cm³/mol. The van der Waals surface area contributed by atoms with E-state index in [9.17, 15) is 4.79 Å². The number of benzene rings is 1. The van der Waals surface area contributed by atoms with E-state index in [0.29, 0.717) is 11.3 Å². The minimum absolute atomic E-state index is 0.111. The summed E-state index contributed by atoms with van der Waals surface area (Å²) in [5.74, 6) is -0.111. The van der Waals surface area contributed by atoms with Crippen molar-refractivity contribution in [1.82, 2.24) is 4.98 Å². The van der Waals surface area contributed by atoms with Crippen molar-refractivity contribution < 1.29 is 4.79 Å². The van der Waals surface area contributed by atoms with Gasteiger partial charge in [-0.25, -0.2) is 0 Å². The third-order valence-electron chi connectivity index (χ3n) is 2.29. The number of carbonyl (C=O) groups is 1. The van der Waals surface area contributed by atoms with Crippen LogP contribution in [-0.4, -0.2) is 10.9 Å². The van der Waals surface area contributed by atoms with Crippen molar-refractivity contribution >= 4 is 34.2 Å². The van der Waals surface area contributed by atoms with Gasteiger partial charge in [0.05, 0.1) is 17.4 Å². The SMILES string of the molecule is Cc1ccc(NC(=O)c2ccccc2I)cn1. The highest BCUT2D eigenvalue weighted by molar-refractivity contribution is 14.1. The van der Waals surface area contributed by atoms with Gasteiger partial charge in [-0.2, -0.15) is 0 Å². The maximum atomic E-state index is 12.0. The third kappa shape index (κ3) is 3.03. The first kappa shape index (κ1) is 12.0. The molecule has 0 atom stereocenters. The largest absolute Gasteiger partial charge is 0.321 e. The fourth-order valence-corrected chi connectivity index (χ4v) is 2.02. The molecular weight excluding hydrogens is 327 g/mol. The number of aryl methyl sites for hydroxylation is 1. The standard InChI is InChI=1S/C13H11IN2O/c1-9-6-7-10(8-15-9)16-13(17)11-4-2-3-5-12(11)14/h2-8H,1H3,(H,16,17). The highest BCUT2D eigenvalue weighted by atomic mass is 127. The second kappa shape index (κ2) is 5.27. The maximum Gasteiger partial charge on any atom is 0.256 e. The lowest BCUT2D eigenvalue weighted by Gasteiger charge is -2.06. The summed E-state index contributed by atoms with van der Waals surface area (Å²) in [5.41, 5.74) is 2.31. The molecule has 1 heterocycles. The molecule has 0 saturated carbocycles. The van der Waals surface area contributed by atoms with Crippen molar-refractivity contribution in [3.05, 3.63) is 57.4 Å². The lowest BCUT2D eigenvalue weighted by atomic mass is 10.2. The van der Waals surface area contributed by atoms with Gasteiger partial charge in [0.1, 0.15) is 0 Å². The molecule has 17 heavy (non-hydrogen) atoms. The number of hydrogen-bond donors (Lipinski definition) is 1. The first-order chi connectivity index (χ1) is 8.16. The normalized spacial score (nSPS) is 10.0. The molecule has 3 nitrogen and oxygen atoms in total. The van der Waals surface area contributed by atoms with Crippen LogP contribution in [-0.2, 0) is 0 Å². The smallest absolute Gasteiger partial charge is 0.256 e. The second-order valence-electron chi connectivity index (χ2n) is 3.62. The number of carbonyl (C=O) groups excluding carboxylic acids is 1. The van der Waals surface area contributed by atoms with Crippen LogP contribution in [0.3, 0.4) is 0 Å². The average Bonchev–Trinajstić information content (AvgIpc) is 2.32. The number of anilines is 1. The molecule has 0 spiro atoms. The Bertz CT molecular complexity index is 537. The van der Waals surface area contributed by atoms with Crippen LogP contribution in [0.2, 0.25) is 0 Å². The van der Waals surface area contributed by atoms with Gasteiger partial charge in [0, 0.05) is 9.26 Å². The Labute approximate surface area is 113 Å². The summed E-state index contributed by atoms with van der Waals surface area (Å²) >= 11 is 2.15. The van der Waals surface area contributed by atoms with Crippen molar-refractivity contribution in [2.24, 2.45) is 0 Å². The molecule has 0 unspecified atom stereocenters. The molecule has 0 fully saturated rings. The van der Waals surface area contributed by atoms with Gasteiger partial charge in [-0.05, 0) is 53.8 Å². The van der Waals surface area contributed by atoms with Gasteiger partial charge in [-0.15, -0.1) is 0 Å². The van der Waals surface area contributed by atoms with E-state index < -0.39 is 0 Å². The molecule has 1 N–H and O–H groups in total. The van der Waals surface area contributed by atoms with Crippen molar-refractivity contribution in [2.75, 3.05) is 5.32 Å².